The van der Waals surface area contributed by atoms with Gasteiger partial charge in [-0.3, -0.25) is 4.68 Å². The molecule has 2 aromatic heterocycles. The summed E-state index contributed by atoms with van der Waals surface area (Å²) in [5.74, 6) is 0. The van der Waals surface area contributed by atoms with Crippen molar-refractivity contribution in [1.82, 2.24) is 15.1 Å². The van der Waals surface area contributed by atoms with Crippen LogP contribution < -0.4 is 5.32 Å². The number of aliphatic hydroxyl groups excluding tert-OH is 1. The van der Waals surface area contributed by atoms with E-state index in [1.54, 1.807) is 11.3 Å². The largest absolute Gasteiger partial charge is 0.388 e. The molecule has 0 radical (unpaired) electrons. The van der Waals surface area contributed by atoms with E-state index in [0.29, 0.717) is 0 Å². The average molecular weight is 293 g/mol. The number of aryl methyl sites for hydroxylation is 2. The van der Waals surface area contributed by atoms with E-state index in [1.807, 2.05) is 36.2 Å². The Balaban J connectivity index is 1.87. The highest BCUT2D eigenvalue weighted by Gasteiger charge is 2.15. The fraction of sp³-hybridized carbons (Fsp3) is 0.533. The first-order valence-corrected chi connectivity index (χ1v) is 7.81. The quantitative estimate of drug-likeness (QED) is 0.861. The van der Waals surface area contributed by atoms with E-state index in [0.717, 1.165) is 23.5 Å². The van der Waals surface area contributed by atoms with Crippen LogP contribution in [0.1, 0.15) is 41.3 Å². The zero-order valence-electron chi connectivity index (χ0n) is 12.6. The molecule has 2 unspecified atom stereocenters. The van der Waals surface area contributed by atoms with Gasteiger partial charge >= 0.3 is 0 Å². The van der Waals surface area contributed by atoms with Crippen LogP contribution in [0.15, 0.2) is 17.5 Å². The van der Waals surface area contributed by atoms with Crippen molar-refractivity contribution in [2.75, 3.05) is 0 Å². The highest BCUT2D eigenvalue weighted by molar-refractivity contribution is 7.10. The third-order valence-electron chi connectivity index (χ3n) is 3.73. The molecule has 0 saturated carbocycles. The first-order chi connectivity index (χ1) is 9.49. The van der Waals surface area contributed by atoms with Gasteiger partial charge in [-0.15, -0.1) is 11.3 Å². The summed E-state index contributed by atoms with van der Waals surface area (Å²) >= 11 is 1.60. The van der Waals surface area contributed by atoms with E-state index >= 15 is 0 Å². The molecule has 0 aliphatic rings. The van der Waals surface area contributed by atoms with Crippen LogP contribution in [-0.2, 0) is 13.6 Å². The van der Waals surface area contributed by atoms with Gasteiger partial charge in [0.1, 0.15) is 0 Å². The summed E-state index contributed by atoms with van der Waals surface area (Å²) in [6.07, 6.45) is 0.340. The maximum atomic E-state index is 10.1. The van der Waals surface area contributed by atoms with E-state index in [1.165, 1.54) is 11.3 Å². The van der Waals surface area contributed by atoms with Gasteiger partial charge in [-0.05, 0) is 38.6 Å². The fourth-order valence-corrected chi connectivity index (χ4v) is 3.09. The Morgan fingerprint density at radius 2 is 2.20 bits per heavy atom. The second kappa shape index (κ2) is 6.52. The van der Waals surface area contributed by atoms with Crippen molar-refractivity contribution in [3.05, 3.63) is 39.3 Å². The summed E-state index contributed by atoms with van der Waals surface area (Å²) in [5.41, 5.74) is 3.52. The number of hydrogen-bond donors (Lipinski definition) is 2. The van der Waals surface area contributed by atoms with Gasteiger partial charge in [-0.25, -0.2) is 0 Å². The van der Waals surface area contributed by atoms with E-state index in [2.05, 4.69) is 24.3 Å². The minimum atomic E-state index is -0.381. The normalized spacial score (nSPS) is 14.4. The van der Waals surface area contributed by atoms with E-state index in [-0.39, 0.29) is 12.1 Å². The van der Waals surface area contributed by atoms with Gasteiger partial charge in [-0.2, -0.15) is 5.10 Å². The zero-order chi connectivity index (χ0) is 14.7. The maximum absolute atomic E-state index is 10.1. The van der Waals surface area contributed by atoms with Crippen LogP contribution in [0.5, 0.6) is 0 Å². The Hall–Kier alpha value is -1.17. The number of nitrogens with zero attached hydrogens (tertiary/aromatic N) is 2. The van der Waals surface area contributed by atoms with Crippen LogP contribution >= 0.6 is 11.3 Å². The lowest BCUT2D eigenvalue weighted by Gasteiger charge is -2.17. The molecule has 110 valence electrons. The van der Waals surface area contributed by atoms with Crippen molar-refractivity contribution in [1.29, 1.82) is 0 Å². The van der Waals surface area contributed by atoms with Crippen molar-refractivity contribution in [3.8, 4) is 0 Å². The Bertz CT molecular complexity index is 548. The molecule has 0 aliphatic heterocycles. The van der Waals surface area contributed by atoms with Crippen LogP contribution in [0, 0.1) is 13.8 Å². The van der Waals surface area contributed by atoms with Crippen LogP contribution in [0.2, 0.25) is 0 Å². The van der Waals surface area contributed by atoms with Gasteiger partial charge in [-0.1, -0.05) is 6.07 Å². The van der Waals surface area contributed by atoms with Crippen LogP contribution in [0.3, 0.4) is 0 Å². The van der Waals surface area contributed by atoms with Crippen molar-refractivity contribution in [2.45, 2.75) is 45.9 Å². The number of nitrogens with one attached hydrogen (secondary N) is 1. The molecule has 5 heteroatoms. The van der Waals surface area contributed by atoms with Gasteiger partial charge in [0.2, 0.25) is 0 Å². The topological polar surface area (TPSA) is 50.1 Å². The molecule has 2 atom stereocenters. The average Bonchev–Trinajstić information content (AvgIpc) is 2.98. The predicted octanol–water partition coefficient (Wildman–Crippen LogP) is 2.70. The van der Waals surface area contributed by atoms with Gasteiger partial charge in [0.05, 0.1) is 11.8 Å². The lowest BCUT2D eigenvalue weighted by atomic mass is 10.1. The second-order valence-corrected chi connectivity index (χ2v) is 6.30. The minimum absolute atomic E-state index is 0.256. The number of thiophene rings is 1. The Morgan fingerprint density at radius 1 is 1.45 bits per heavy atom. The summed E-state index contributed by atoms with van der Waals surface area (Å²) < 4.78 is 1.91. The highest BCUT2D eigenvalue weighted by atomic mass is 32.1. The number of aromatic nitrogens is 2. The number of rotatable bonds is 6. The van der Waals surface area contributed by atoms with Crippen LogP contribution in [0.4, 0.5) is 0 Å². The minimum Gasteiger partial charge on any atom is -0.388 e. The SMILES string of the molecule is Cc1nn(C)c(C)c1CNC(C)CC(O)c1cccs1. The first-order valence-electron chi connectivity index (χ1n) is 6.93. The Kier molecular flexibility index (Phi) is 4.96. The Morgan fingerprint density at radius 3 is 2.75 bits per heavy atom. The van der Waals surface area contributed by atoms with Gasteiger partial charge < -0.3 is 10.4 Å². The second-order valence-electron chi connectivity index (χ2n) is 5.32. The molecule has 0 amide bonds. The summed E-state index contributed by atoms with van der Waals surface area (Å²) in [4.78, 5) is 1.03. The summed E-state index contributed by atoms with van der Waals surface area (Å²) in [7, 11) is 1.97. The fourth-order valence-electron chi connectivity index (χ4n) is 2.36. The van der Waals surface area contributed by atoms with E-state index < -0.39 is 0 Å². The molecule has 2 heterocycles. The summed E-state index contributed by atoms with van der Waals surface area (Å²) in [6.45, 7) is 7.03. The highest BCUT2D eigenvalue weighted by Crippen LogP contribution is 2.23. The molecule has 20 heavy (non-hydrogen) atoms. The standard InChI is InChI=1S/C15H23N3OS/c1-10(8-14(19)15-6-5-7-20-15)16-9-13-11(2)17-18(4)12(13)3/h5-7,10,14,16,19H,8-9H2,1-4H3. The van der Waals surface area contributed by atoms with Crippen molar-refractivity contribution in [3.63, 3.8) is 0 Å². The van der Waals surface area contributed by atoms with Crippen molar-refractivity contribution < 1.29 is 5.11 Å². The monoisotopic (exact) mass is 293 g/mol. The number of hydrogen-bond acceptors (Lipinski definition) is 4. The molecule has 4 nitrogen and oxygen atoms in total. The number of aliphatic hydroxyl groups is 1. The smallest absolute Gasteiger partial charge is 0.0896 e. The molecule has 2 aromatic rings. The lowest BCUT2D eigenvalue weighted by Crippen LogP contribution is -2.27. The molecular formula is C15H23N3OS. The molecule has 0 aromatic carbocycles. The Labute approximate surface area is 124 Å². The van der Waals surface area contributed by atoms with Gasteiger partial charge in [0, 0.05) is 35.8 Å². The van der Waals surface area contributed by atoms with Gasteiger partial charge in [0.25, 0.3) is 0 Å². The van der Waals surface area contributed by atoms with E-state index in [4.69, 9.17) is 0 Å². The molecular weight excluding hydrogens is 270 g/mol. The molecule has 0 fully saturated rings. The molecule has 0 spiro atoms. The lowest BCUT2D eigenvalue weighted by molar-refractivity contribution is 0.157. The summed E-state index contributed by atoms with van der Waals surface area (Å²) in [5, 5.41) is 20.0. The molecule has 0 saturated heterocycles. The predicted molar refractivity (Wildman–Crippen MR) is 82.9 cm³/mol. The third kappa shape index (κ3) is 3.48. The molecule has 0 bridgehead atoms. The molecule has 2 N–H and O–H groups in total. The zero-order valence-corrected chi connectivity index (χ0v) is 13.4. The maximum Gasteiger partial charge on any atom is 0.0896 e. The third-order valence-corrected chi connectivity index (χ3v) is 4.71. The van der Waals surface area contributed by atoms with Crippen LogP contribution in [-0.4, -0.2) is 20.9 Å². The van der Waals surface area contributed by atoms with E-state index in [9.17, 15) is 5.11 Å². The van der Waals surface area contributed by atoms with Crippen molar-refractivity contribution in [2.24, 2.45) is 7.05 Å². The van der Waals surface area contributed by atoms with Crippen molar-refractivity contribution >= 4 is 11.3 Å². The first kappa shape index (κ1) is 15.2. The van der Waals surface area contributed by atoms with Crippen LogP contribution in [0.25, 0.3) is 0 Å². The molecule has 2 rings (SSSR count). The molecule has 0 aliphatic carbocycles. The summed E-state index contributed by atoms with van der Waals surface area (Å²) in [6, 6.07) is 4.22. The van der Waals surface area contributed by atoms with Gasteiger partial charge in [0.15, 0.2) is 0 Å².